The van der Waals surface area contributed by atoms with Gasteiger partial charge in [0.05, 0.1) is 0 Å². The van der Waals surface area contributed by atoms with E-state index in [1.165, 1.54) is 11.1 Å². The maximum atomic E-state index is 13.3. The number of rotatable bonds is 5. The molecule has 0 bridgehead atoms. The van der Waals surface area contributed by atoms with E-state index in [0.29, 0.717) is 5.75 Å². The molecule has 1 aromatic heterocycles. The van der Waals surface area contributed by atoms with Crippen molar-refractivity contribution in [2.45, 2.75) is 36.9 Å². The van der Waals surface area contributed by atoms with Gasteiger partial charge in [0.15, 0.2) is 0 Å². The number of pyridine rings is 1. The number of ether oxygens (including phenoxy) is 1. The minimum atomic E-state index is -0.597. The van der Waals surface area contributed by atoms with Crippen molar-refractivity contribution in [3.63, 3.8) is 0 Å². The van der Waals surface area contributed by atoms with E-state index in [0.717, 1.165) is 24.0 Å². The summed E-state index contributed by atoms with van der Waals surface area (Å²) in [5, 5.41) is 2.89. The Morgan fingerprint density at radius 1 is 0.970 bits per heavy atom. The summed E-state index contributed by atoms with van der Waals surface area (Å²) in [6.07, 6.45) is 4.54. The van der Waals surface area contributed by atoms with Gasteiger partial charge in [0.1, 0.15) is 18.0 Å². The van der Waals surface area contributed by atoms with E-state index in [1.54, 1.807) is 29.1 Å². The summed E-state index contributed by atoms with van der Waals surface area (Å²) in [5.74, 6) is 0.382. The third-order valence-corrected chi connectivity index (χ3v) is 7.43. The molecule has 0 spiro atoms. The van der Waals surface area contributed by atoms with E-state index >= 15 is 0 Å². The maximum absolute atomic E-state index is 13.3. The van der Waals surface area contributed by atoms with Crippen LogP contribution in [0.1, 0.15) is 27.6 Å². The summed E-state index contributed by atoms with van der Waals surface area (Å²) in [6.45, 7) is 0.163. The number of carbonyl (C=O) groups excluding carboxylic acids is 2. The number of amides is 2. The van der Waals surface area contributed by atoms with Crippen LogP contribution in [0.5, 0.6) is 0 Å². The van der Waals surface area contributed by atoms with Crippen molar-refractivity contribution in [1.82, 2.24) is 15.2 Å². The molecule has 1 aliphatic heterocycles. The number of nitrogens with one attached hydrogen (secondary N) is 1. The standard InChI is InChI=1S/C26H25N3O3S/c30-24(28-22-14-20-8-4-5-9-21(20)15-22)23-17-33-25(19-10-12-27-13-11-19)29(23)26(31)32-16-18-6-2-1-3-7-18/h1-13,22-23,25H,14-17H2,(H,28,30). The quantitative estimate of drug-likeness (QED) is 0.622. The Morgan fingerprint density at radius 3 is 2.33 bits per heavy atom. The van der Waals surface area contributed by atoms with Gasteiger partial charge in [0.2, 0.25) is 5.91 Å². The molecule has 33 heavy (non-hydrogen) atoms. The fraction of sp³-hybridized carbons (Fsp3) is 0.269. The summed E-state index contributed by atoms with van der Waals surface area (Å²) in [6, 6.07) is 21.0. The van der Waals surface area contributed by atoms with E-state index in [9.17, 15) is 9.59 Å². The number of benzene rings is 2. The van der Waals surface area contributed by atoms with Crippen LogP contribution < -0.4 is 5.32 Å². The molecule has 1 fully saturated rings. The van der Waals surface area contributed by atoms with Gasteiger partial charge in [-0.3, -0.25) is 14.7 Å². The molecule has 3 aromatic rings. The highest BCUT2D eigenvalue weighted by Crippen LogP contribution is 2.41. The van der Waals surface area contributed by atoms with Crippen molar-refractivity contribution in [1.29, 1.82) is 0 Å². The number of carbonyl (C=O) groups is 2. The Labute approximate surface area is 197 Å². The second-order valence-corrected chi connectivity index (χ2v) is 9.43. The van der Waals surface area contributed by atoms with Crippen LogP contribution in [0.4, 0.5) is 4.79 Å². The molecule has 7 heteroatoms. The first-order valence-corrected chi connectivity index (χ1v) is 12.1. The predicted octanol–water partition coefficient (Wildman–Crippen LogP) is 4.12. The highest BCUT2D eigenvalue weighted by molar-refractivity contribution is 7.99. The Morgan fingerprint density at radius 2 is 1.64 bits per heavy atom. The molecule has 0 radical (unpaired) electrons. The van der Waals surface area contributed by atoms with Gasteiger partial charge in [-0.2, -0.15) is 0 Å². The van der Waals surface area contributed by atoms with E-state index in [2.05, 4.69) is 22.4 Å². The summed E-state index contributed by atoms with van der Waals surface area (Å²) < 4.78 is 5.64. The van der Waals surface area contributed by atoms with Gasteiger partial charge >= 0.3 is 6.09 Å². The largest absolute Gasteiger partial charge is 0.444 e. The van der Waals surface area contributed by atoms with Gasteiger partial charge in [-0.25, -0.2) is 4.79 Å². The molecule has 1 saturated heterocycles. The van der Waals surface area contributed by atoms with Crippen LogP contribution in [-0.2, 0) is 29.0 Å². The molecule has 1 N–H and O–H groups in total. The van der Waals surface area contributed by atoms with Gasteiger partial charge in [0.25, 0.3) is 0 Å². The molecule has 2 unspecified atom stereocenters. The van der Waals surface area contributed by atoms with Gasteiger partial charge in [-0.15, -0.1) is 11.8 Å². The Kier molecular flexibility index (Phi) is 6.30. The van der Waals surface area contributed by atoms with Gasteiger partial charge in [-0.1, -0.05) is 54.6 Å². The lowest BCUT2D eigenvalue weighted by molar-refractivity contribution is -0.125. The minimum Gasteiger partial charge on any atom is -0.444 e. The fourth-order valence-corrected chi connectivity index (χ4v) is 5.89. The summed E-state index contributed by atoms with van der Waals surface area (Å²) in [5.41, 5.74) is 4.38. The molecule has 1 aliphatic carbocycles. The number of thioether (sulfide) groups is 1. The van der Waals surface area contributed by atoms with Crippen molar-refractivity contribution < 1.29 is 14.3 Å². The summed E-state index contributed by atoms with van der Waals surface area (Å²) in [4.78, 5) is 32.2. The highest BCUT2D eigenvalue weighted by atomic mass is 32.2. The second-order valence-electron chi connectivity index (χ2n) is 8.31. The van der Waals surface area contributed by atoms with E-state index in [4.69, 9.17) is 4.74 Å². The van der Waals surface area contributed by atoms with E-state index in [-0.39, 0.29) is 23.9 Å². The zero-order valence-electron chi connectivity index (χ0n) is 18.1. The number of hydrogen-bond acceptors (Lipinski definition) is 5. The number of aromatic nitrogens is 1. The lowest BCUT2D eigenvalue weighted by Gasteiger charge is -2.29. The monoisotopic (exact) mass is 459 g/mol. The number of hydrogen-bond donors (Lipinski definition) is 1. The second kappa shape index (κ2) is 9.67. The van der Waals surface area contributed by atoms with Crippen LogP contribution in [0, 0.1) is 0 Å². The van der Waals surface area contributed by atoms with Crippen molar-refractivity contribution in [2.24, 2.45) is 0 Å². The molecule has 2 aliphatic rings. The van der Waals surface area contributed by atoms with Gasteiger partial charge < -0.3 is 10.1 Å². The van der Waals surface area contributed by atoms with Crippen LogP contribution in [0.2, 0.25) is 0 Å². The zero-order chi connectivity index (χ0) is 22.6. The Bertz CT molecular complexity index is 1100. The van der Waals surface area contributed by atoms with Crippen LogP contribution in [0.15, 0.2) is 79.1 Å². The fourth-order valence-electron chi connectivity index (χ4n) is 4.47. The van der Waals surface area contributed by atoms with Crippen molar-refractivity contribution in [2.75, 3.05) is 5.75 Å². The normalized spacial score (nSPS) is 19.8. The van der Waals surface area contributed by atoms with Gasteiger partial charge in [0, 0.05) is 24.2 Å². The molecule has 2 amide bonds. The molecular weight excluding hydrogens is 434 g/mol. The van der Waals surface area contributed by atoms with Crippen LogP contribution in [0.25, 0.3) is 0 Å². The number of nitrogens with zero attached hydrogens (tertiary/aromatic N) is 2. The van der Waals surface area contributed by atoms with Gasteiger partial charge in [-0.05, 0) is 47.2 Å². The lowest BCUT2D eigenvalue weighted by Crippen LogP contribution is -2.50. The zero-order valence-corrected chi connectivity index (χ0v) is 18.9. The molecule has 2 aromatic carbocycles. The van der Waals surface area contributed by atoms with E-state index < -0.39 is 12.1 Å². The molecule has 168 valence electrons. The average Bonchev–Trinajstić information content (AvgIpc) is 3.48. The highest BCUT2D eigenvalue weighted by Gasteiger charge is 2.44. The SMILES string of the molecule is O=C(NC1Cc2ccccc2C1)C1CSC(c2ccncc2)N1C(=O)OCc1ccccc1. The molecule has 2 heterocycles. The molecule has 0 saturated carbocycles. The third-order valence-electron chi connectivity index (χ3n) is 6.11. The first-order valence-electron chi connectivity index (χ1n) is 11.1. The average molecular weight is 460 g/mol. The summed E-state index contributed by atoms with van der Waals surface area (Å²) in [7, 11) is 0. The first kappa shape index (κ1) is 21.5. The van der Waals surface area contributed by atoms with Crippen LogP contribution in [-0.4, -0.2) is 39.7 Å². The molecule has 5 rings (SSSR count). The Balaban J connectivity index is 1.31. The lowest BCUT2D eigenvalue weighted by atomic mass is 10.1. The van der Waals surface area contributed by atoms with Crippen LogP contribution >= 0.6 is 11.8 Å². The third kappa shape index (κ3) is 4.73. The molecule has 2 atom stereocenters. The topological polar surface area (TPSA) is 71.5 Å². The van der Waals surface area contributed by atoms with E-state index in [1.807, 2.05) is 54.6 Å². The molecule has 6 nitrogen and oxygen atoms in total. The Hall–Kier alpha value is -3.32. The maximum Gasteiger partial charge on any atom is 0.412 e. The first-order chi connectivity index (χ1) is 16.2. The minimum absolute atomic E-state index is 0.0436. The van der Waals surface area contributed by atoms with Crippen LogP contribution in [0.3, 0.4) is 0 Å². The summed E-state index contributed by atoms with van der Waals surface area (Å²) >= 11 is 1.57. The van der Waals surface area contributed by atoms with Crippen molar-refractivity contribution >= 4 is 23.8 Å². The predicted molar refractivity (Wildman–Crippen MR) is 127 cm³/mol. The number of fused-ring (bicyclic) bond motifs is 1. The molecular formula is C26H25N3O3S. The van der Waals surface area contributed by atoms with Crippen molar-refractivity contribution in [3.05, 3.63) is 101 Å². The smallest absolute Gasteiger partial charge is 0.412 e. The van der Waals surface area contributed by atoms with Crippen molar-refractivity contribution in [3.8, 4) is 0 Å².